The third-order valence-electron chi connectivity index (χ3n) is 12.3. The Kier molecular flexibility index (Phi) is 6.57. The molecule has 0 atom stereocenters. The van der Waals surface area contributed by atoms with Crippen LogP contribution in [0.5, 0.6) is 0 Å². The molecule has 0 radical (unpaired) electrons. The van der Waals surface area contributed by atoms with Crippen LogP contribution in [0.4, 0.5) is 0 Å². The fourth-order valence-corrected chi connectivity index (χ4v) is 9.40. The van der Waals surface area contributed by atoms with E-state index in [1.165, 1.54) is 9.03 Å². The monoisotopic (exact) mass is 788 g/mol. The third kappa shape index (κ3) is 4.59. The maximum Gasteiger partial charge on any atom is 0.282 e. The summed E-state index contributed by atoms with van der Waals surface area (Å²) in [5.74, 6) is 0. The lowest BCUT2D eigenvalue weighted by atomic mass is 9.98. The van der Waals surface area contributed by atoms with Gasteiger partial charge in [0, 0.05) is 22.9 Å². The molecule has 0 fully saturated rings. The maximum absolute atomic E-state index is 14.1. The van der Waals surface area contributed by atoms with Gasteiger partial charge in [0.05, 0.1) is 43.6 Å². The van der Waals surface area contributed by atoms with E-state index in [9.17, 15) is 19.2 Å². The summed E-state index contributed by atoms with van der Waals surface area (Å²) in [6, 6.07) is 55.0. The highest BCUT2D eigenvalue weighted by molar-refractivity contribution is 6.13. The van der Waals surface area contributed by atoms with Crippen molar-refractivity contribution in [2.75, 3.05) is 0 Å². The zero-order valence-corrected chi connectivity index (χ0v) is 32.0. The van der Waals surface area contributed by atoms with Gasteiger partial charge in [-0.25, -0.2) is 9.03 Å². The fraction of sp³-hybridized carbons (Fsp3) is 0. The normalized spacial score (nSPS) is 12.2. The molecule has 5 heterocycles. The predicted molar refractivity (Wildman–Crippen MR) is 242 cm³/mol. The minimum absolute atomic E-state index is 0.347. The average Bonchev–Trinajstić information content (AvgIpc) is 4.06. The molecule has 13 rings (SSSR count). The number of hydrogen-bond acceptors (Lipinski definition) is 5. The average molecular weight is 789 g/mol. The SMILES string of the molecule is O=c1c2cc(-c3cccc(-c4ccccc4)c3)ccc2n2c3cc4oc5cc6c(cc5c4cc3c(=O)n12)c(=O)n1c(=O)c2cc(-c3cccc(-c4ccccc4)c3)ccc2n61. The van der Waals surface area contributed by atoms with Gasteiger partial charge in [0.15, 0.2) is 0 Å². The van der Waals surface area contributed by atoms with Gasteiger partial charge in [0.25, 0.3) is 22.2 Å². The van der Waals surface area contributed by atoms with Crippen LogP contribution in [0.15, 0.2) is 193 Å². The summed E-state index contributed by atoms with van der Waals surface area (Å²) in [6.45, 7) is 0. The van der Waals surface area contributed by atoms with E-state index in [2.05, 4.69) is 48.5 Å². The molecular formula is C52H28N4O5. The molecule has 9 nitrogen and oxygen atoms in total. The molecule has 0 unspecified atom stereocenters. The second kappa shape index (κ2) is 12.0. The van der Waals surface area contributed by atoms with Crippen LogP contribution >= 0.6 is 0 Å². The van der Waals surface area contributed by atoms with Gasteiger partial charge in [-0.3, -0.25) is 19.2 Å². The molecule has 0 amide bonds. The quantitative estimate of drug-likeness (QED) is 0.177. The van der Waals surface area contributed by atoms with Crippen molar-refractivity contribution >= 4 is 65.6 Å². The molecule has 0 aliphatic heterocycles. The van der Waals surface area contributed by atoms with E-state index in [0.717, 1.165) is 44.5 Å². The molecule has 0 aliphatic rings. The van der Waals surface area contributed by atoms with Crippen LogP contribution in [0, 0.1) is 0 Å². The van der Waals surface area contributed by atoms with Crippen LogP contribution in [0.2, 0.25) is 0 Å². The first-order chi connectivity index (χ1) is 29.9. The second-order valence-electron chi connectivity index (χ2n) is 15.7. The molecule has 0 saturated heterocycles. The van der Waals surface area contributed by atoms with Crippen molar-refractivity contribution in [3.05, 3.63) is 211 Å². The summed E-state index contributed by atoms with van der Waals surface area (Å²) in [5.41, 5.74) is 9.50. The van der Waals surface area contributed by atoms with Gasteiger partial charge in [0.1, 0.15) is 11.2 Å². The van der Waals surface area contributed by atoms with Crippen LogP contribution in [-0.4, -0.2) is 18.1 Å². The second-order valence-corrected chi connectivity index (χ2v) is 15.7. The number of rotatable bonds is 4. The van der Waals surface area contributed by atoms with Crippen molar-refractivity contribution < 1.29 is 4.42 Å². The highest BCUT2D eigenvalue weighted by atomic mass is 16.3. The van der Waals surface area contributed by atoms with Crippen molar-refractivity contribution in [1.29, 1.82) is 0 Å². The summed E-state index contributed by atoms with van der Waals surface area (Å²) in [4.78, 5) is 56.1. The van der Waals surface area contributed by atoms with E-state index in [1.807, 2.05) is 97.1 Å². The first kappa shape index (κ1) is 33.4. The Labute approximate surface area is 342 Å². The van der Waals surface area contributed by atoms with Crippen molar-refractivity contribution in [2.45, 2.75) is 0 Å². The molecule has 0 spiro atoms. The number of furan rings is 1. The predicted octanol–water partition coefficient (Wildman–Crippen LogP) is 9.89. The van der Waals surface area contributed by atoms with E-state index in [4.69, 9.17) is 4.42 Å². The van der Waals surface area contributed by atoms with Crippen LogP contribution in [0.1, 0.15) is 0 Å². The molecule has 61 heavy (non-hydrogen) atoms. The first-order valence-corrected chi connectivity index (χ1v) is 19.9. The van der Waals surface area contributed by atoms with E-state index in [0.29, 0.717) is 65.6 Å². The highest BCUT2D eigenvalue weighted by Gasteiger charge is 2.23. The van der Waals surface area contributed by atoms with Gasteiger partial charge < -0.3 is 4.42 Å². The van der Waals surface area contributed by atoms with Crippen LogP contribution in [-0.2, 0) is 0 Å². The van der Waals surface area contributed by atoms with Gasteiger partial charge in [0.2, 0.25) is 0 Å². The Bertz CT molecular complexity index is 3980. The molecule has 0 aliphatic carbocycles. The first-order valence-electron chi connectivity index (χ1n) is 19.9. The summed E-state index contributed by atoms with van der Waals surface area (Å²) < 4.78 is 12.1. The number of fused-ring (bicyclic) bond motifs is 13. The van der Waals surface area contributed by atoms with E-state index < -0.39 is 22.2 Å². The minimum Gasteiger partial charge on any atom is -0.456 e. The molecule has 5 aromatic heterocycles. The number of hydrogen-bond donors (Lipinski definition) is 0. The zero-order valence-electron chi connectivity index (χ0n) is 32.0. The van der Waals surface area contributed by atoms with E-state index >= 15 is 0 Å². The van der Waals surface area contributed by atoms with Crippen LogP contribution in [0.3, 0.4) is 0 Å². The molecule has 9 heteroatoms. The van der Waals surface area contributed by atoms with Crippen LogP contribution in [0.25, 0.3) is 110 Å². The largest absolute Gasteiger partial charge is 0.456 e. The molecule has 13 aromatic rings. The molecule has 0 bridgehead atoms. The maximum atomic E-state index is 14.1. The molecule has 0 saturated carbocycles. The molecule has 8 aromatic carbocycles. The van der Waals surface area contributed by atoms with Gasteiger partial charge in [-0.15, -0.1) is 0 Å². The summed E-state index contributed by atoms with van der Waals surface area (Å²) >= 11 is 0. The standard InChI is InChI=1S/C52H28N4O5/c57-49-39-23-35(33-15-7-13-31(21-33)29-9-3-1-4-10-29)17-19-43(39)53-45-27-47-37(25-41(45)51(59)55(49)53)38-26-42-46(28-48(38)61-47)54-44-20-18-36(24-40(44)50(58)56(54)52(42)60)34-16-8-14-32(22-34)30-11-5-2-6-12-30/h1-28H. The fourth-order valence-electron chi connectivity index (χ4n) is 9.40. The Morgan fingerprint density at radius 2 is 0.607 bits per heavy atom. The van der Waals surface area contributed by atoms with Gasteiger partial charge in [-0.05, 0) is 93.0 Å². The van der Waals surface area contributed by atoms with Crippen molar-refractivity contribution in [1.82, 2.24) is 18.1 Å². The van der Waals surface area contributed by atoms with Crippen molar-refractivity contribution in [3.63, 3.8) is 0 Å². The Balaban J connectivity index is 0.948. The zero-order chi connectivity index (χ0) is 40.7. The van der Waals surface area contributed by atoms with E-state index in [1.54, 1.807) is 33.3 Å². The highest BCUT2D eigenvalue weighted by Crippen LogP contribution is 2.36. The summed E-state index contributed by atoms with van der Waals surface area (Å²) in [5, 5.41) is 2.80. The van der Waals surface area contributed by atoms with Gasteiger partial charge in [-0.1, -0.05) is 109 Å². The van der Waals surface area contributed by atoms with E-state index in [-0.39, 0.29) is 0 Å². The Morgan fingerprint density at radius 3 is 1.02 bits per heavy atom. The van der Waals surface area contributed by atoms with Gasteiger partial charge >= 0.3 is 0 Å². The molecule has 286 valence electrons. The lowest BCUT2D eigenvalue weighted by Crippen LogP contribution is -2.21. The smallest absolute Gasteiger partial charge is 0.282 e. The molecular weight excluding hydrogens is 761 g/mol. The Hall–Kier alpha value is -8.56. The van der Waals surface area contributed by atoms with Crippen LogP contribution < -0.4 is 22.2 Å². The number of benzene rings is 8. The van der Waals surface area contributed by atoms with Crippen molar-refractivity contribution in [2.24, 2.45) is 0 Å². The minimum atomic E-state index is -0.447. The van der Waals surface area contributed by atoms with Gasteiger partial charge in [-0.2, -0.15) is 9.03 Å². The molecule has 0 N–H and O–H groups in total. The summed E-state index contributed by atoms with van der Waals surface area (Å²) in [6.07, 6.45) is 0. The lowest BCUT2D eigenvalue weighted by Gasteiger charge is -2.06. The van der Waals surface area contributed by atoms with Crippen molar-refractivity contribution in [3.8, 4) is 44.5 Å². The Morgan fingerprint density at radius 1 is 0.262 bits per heavy atom. The third-order valence-corrected chi connectivity index (χ3v) is 12.3. The number of aromatic nitrogens is 4. The number of nitrogens with zero attached hydrogens (tertiary/aromatic N) is 4. The lowest BCUT2D eigenvalue weighted by molar-refractivity contribution is 0.669. The topological polar surface area (TPSA) is 99.1 Å². The summed E-state index contributed by atoms with van der Waals surface area (Å²) in [7, 11) is 0.